The summed E-state index contributed by atoms with van der Waals surface area (Å²) in [6.07, 6.45) is 1.79. The van der Waals surface area contributed by atoms with Gasteiger partial charge in [0.25, 0.3) is 0 Å². The largest absolute Gasteiger partial charge is 0.495 e. The van der Waals surface area contributed by atoms with Gasteiger partial charge in [-0.05, 0) is 28.8 Å². The van der Waals surface area contributed by atoms with Gasteiger partial charge in [-0.3, -0.25) is 4.79 Å². The number of hydrogen-bond donors (Lipinski definition) is 1. The first-order valence-corrected chi connectivity index (χ1v) is 6.68. The molecule has 1 saturated carbocycles. The molecule has 1 aromatic rings. The van der Waals surface area contributed by atoms with Crippen LogP contribution in [0.4, 0.5) is 8.78 Å². The summed E-state index contributed by atoms with van der Waals surface area (Å²) >= 11 is 2.99. The van der Waals surface area contributed by atoms with E-state index in [0.29, 0.717) is 12.8 Å². The fraction of sp³-hybridized carbons (Fsp3) is 0.462. The quantitative estimate of drug-likeness (QED) is 0.858. The van der Waals surface area contributed by atoms with E-state index in [2.05, 4.69) is 15.9 Å². The summed E-state index contributed by atoms with van der Waals surface area (Å²) < 4.78 is 33.3. The lowest BCUT2D eigenvalue weighted by Gasteiger charge is -2.26. The zero-order chi connectivity index (χ0) is 14.2. The summed E-state index contributed by atoms with van der Waals surface area (Å²) in [5.74, 6) is -2.93. The van der Waals surface area contributed by atoms with Crippen molar-refractivity contribution < 1.29 is 23.4 Å². The van der Waals surface area contributed by atoms with Crippen LogP contribution < -0.4 is 4.74 Å². The molecule has 0 spiro atoms. The Bertz CT molecular complexity index is 525. The van der Waals surface area contributed by atoms with E-state index in [1.165, 1.54) is 7.11 Å². The van der Waals surface area contributed by atoms with Crippen molar-refractivity contribution in [3.05, 3.63) is 27.7 Å². The third-order valence-electron chi connectivity index (χ3n) is 3.69. The van der Waals surface area contributed by atoms with E-state index in [9.17, 15) is 18.7 Å². The molecular formula is C13H13BrF2O3. The average molecular weight is 335 g/mol. The lowest BCUT2D eigenvalue weighted by Crippen LogP contribution is -2.35. The number of rotatable bonds is 3. The average Bonchev–Trinajstić information content (AvgIpc) is 2.84. The second-order valence-electron chi connectivity index (χ2n) is 4.66. The molecule has 19 heavy (non-hydrogen) atoms. The van der Waals surface area contributed by atoms with E-state index in [1.807, 2.05) is 0 Å². The highest BCUT2D eigenvalue weighted by Crippen LogP contribution is 2.46. The lowest BCUT2D eigenvalue weighted by atomic mass is 9.78. The van der Waals surface area contributed by atoms with Crippen LogP contribution in [0.5, 0.6) is 5.75 Å². The summed E-state index contributed by atoms with van der Waals surface area (Å²) in [4.78, 5) is 11.5. The van der Waals surface area contributed by atoms with Crippen LogP contribution in [0.3, 0.4) is 0 Å². The van der Waals surface area contributed by atoms with Gasteiger partial charge in [0.2, 0.25) is 0 Å². The van der Waals surface area contributed by atoms with Crippen molar-refractivity contribution >= 4 is 21.9 Å². The predicted octanol–water partition coefficient (Wildman–Crippen LogP) is 3.63. The van der Waals surface area contributed by atoms with Gasteiger partial charge < -0.3 is 9.84 Å². The van der Waals surface area contributed by atoms with E-state index < -0.39 is 23.0 Å². The van der Waals surface area contributed by atoms with Crippen molar-refractivity contribution in [1.29, 1.82) is 0 Å². The van der Waals surface area contributed by atoms with Crippen LogP contribution in [0.2, 0.25) is 0 Å². The first-order valence-electron chi connectivity index (χ1n) is 5.89. The molecule has 0 heterocycles. The van der Waals surface area contributed by atoms with E-state index in [-0.39, 0.29) is 28.6 Å². The highest BCUT2D eigenvalue weighted by atomic mass is 79.9. The number of hydrogen-bond acceptors (Lipinski definition) is 2. The van der Waals surface area contributed by atoms with Gasteiger partial charge in [0.05, 0.1) is 17.0 Å². The Hall–Kier alpha value is -1.17. The summed E-state index contributed by atoms with van der Waals surface area (Å²) in [5.41, 5.74) is -1.84. The number of carbonyl (C=O) groups is 1. The van der Waals surface area contributed by atoms with E-state index in [1.54, 1.807) is 0 Å². The summed E-state index contributed by atoms with van der Waals surface area (Å²) in [7, 11) is 1.29. The van der Waals surface area contributed by atoms with Crippen molar-refractivity contribution in [3.63, 3.8) is 0 Å². The Morgan fingerprint density at radius 2 is 2.00 bits per heavy atom. The molecule has 2 rings (SSSR count). The molecule has 1 fully saturated rings. The van der Waals surface area contributed by atoms with Crippen LogP contribution >= 0.6 is 15.9 Å². The number of halogens is 3. The van der Waals surface area contributed by atoms with Gasteiger partial charge in [0, 0.05) is 11.6 Å². The van der Waals surface area contributed by atoms with Gasteiger partial charge in [-0.15, -0.1) is 0 Å². The third-order valence-corrected chi connectivity index (χ3v) is 4.43. The van der Waals surface area contributed by atoms with Crippen molar-refractivity contribution in [3.8, 4) is 5.75 Å². The van der Waals surface area contributed by atoms with Crippen LogP contribution in [-0.2, 0) is 10.2 Å². The number of carboxylic acids is 1. The summed E-state index contributed by atoms with van der Waals surface area (Å²) in [5, 5.41) is 9.40. The minimum absolute atomic E-state index is 0.0114. The van der Waals surface area contributed by atoms with Gasteiger partial charge in [-0.25, -0.2) is 8.78 Å². The maximum atomic E-state index is 14.3. The van der Waals surface area contributed by atoms with Crippen LogP contribution in [0, 0.1) is 11.6 Å². The number of carboxylic acid groups (broad SMARTS) is 1. The first kappa shape index (κ1) is 14.2. The topological polar surface area (TPSA) is 46.5 Å². The van der Waals surface area contributed by atoms with Crippen molar-refractivity contribution in [2.75, 3.05) is 7.11 Å². The Balaban J connectivity index is 2.68. The molecule has 104 valence electrons. The minimum Gasteiger partial charge on any atom is -0.495 e. The maximum Gasteiger partial charge on any atom is 0.314 e. The molecule has 1 aromatic carbocycles. The predicted molar refractivity (Wildman–Crippen MR) is 68.4 cm³/mol. The van der Waals surface area contributed by atoms with Crippen LogP contribution in [0.1, 0.15) is 31.2 Å². The molecule has 0 atom stereocenters. The molecule has 0 amide bonds. The first-order chi connectivity index (χ1) is 8.94. The molecule has 0 aliphatic heterocycles. The zero-order valence-electron chi connectivity index (χ0n) is 10.3. The maximum absolute atomic E-state index is 14.3. The second-order valence-corrected chi connectivity index (χ2v) is 5.45. The Morgan fingerprint density at radius 1 is 1.42 bits per heavy atom. The molecule has 1 aliphatic rings. The van der Waals surface area contributed by atoms with Gasteiger partial charge >= 0.3 is 5.97 Å². The van der Waals surface area contributed by atoms with Crippen LogP contribution in [-0.4, -0.2) is 18.2 Å². The molecule has 1 aliphatic carbocycles. The SMILES string of the molecule is COc1cc(F)c(C2(C(=O)O)CCCC2)c(F)c1Br. The zero-order valence-corrected chi connectivity index (χ0v) is 11.9. The van der Waals surface area contributed by atoms with Gasteiger partial charge in [-0.1, -0.05) is 12.8 Å². The molecule has 0 aromatic heterocycles. The number of aliphatic carboxylic acids is 1. The molecule has 0 bridgehead atoms. The van der Waals surface area contributed by atoms with E-state index >= 15 is 0 Å². The number of methoxy groups -OCH3 is 1. The molecule has 0 unspecified atom stereocenters. The van der Waals surface area contributed by atoms with Crippen molar-refractivity contribution in [2.45, 2.75) is 31.1 Å². The molecule has 3 nitrogen and oxygen atoms in total. The minimum atomic E-state index is -1.47. The van der Waals surface area contributed by atoms with Crippen LogP contribution in [0.15, 0.2) is 10.5 Å². The standard InChI is InChI=1S/C13H13BrF2O3/c1-19-8-6-7(15)9(11(16)10(8)14)13(12(17)18)4-2-3-5-13/h6H,2-5H2,1H3,(H,17,18). The Kier molecular flexibility index (Phi) is 3.80. The fourth-order valence-corrected chi connectivity index (χ4v) is 3.18. The number of ether oxygens (including phenoxy) is 1. The van der Waals surface area contributed by atoms with E-state index in [4.69, 9.17) is 4.74 Å². The van der Waals surface area contributed by atoms with Crippen molar-refractivity contribution in [1.82, 2.24) is 0 Å². The summed E-state index contributed by atoms with van der Waals surface area (Å²) in [6, 6.07) is 1.02. The van der Waals surface area contributed by atoms with Gasteiger partial charge in [0.15, 0.2) is 0 Å². The molecule has 0 saturated heterocycles. The fourth-order valence-electron chi connectivity index (χ4n) is 2.71. The lowest BCUT2D eigenvalue weighted by molar-refractivity contribution is -0.143. The van der Waals surface area contributed by atoms with Gasteiger partial charge in [-0.2, -0.15) is 0 Å². The van der Waals surface area contributed by atoms with Crippen molar-refractivity contribution in [2.24, 2.45) is 0 Å². The Labute approximate surface area is 117 Å². The third kappa shape index (κ3) is 2.12. The second kappa shape index (κ2) is 5.07. The monoisotopic (exact) mass is 334 g/mol. The molecule has 6 heteroatoms. The highest BCUT2D eigenvalue weighted by molar-refractivity contribution is 9.10. The Morgan fingerprint density at radius 3 is 2.47 bits per heavy atom. The highest BCUT2D eigenvalue weighted by Gasteiger charge is 2.47. The molecular weight excluding hydrogens is 322 g/mol. The van der Waals surface area contributed by atoms with Crippen LogP contribution in [0.25, 0.3) is 0 Å². The van der Waals surface area contributed by atoms with E-state index in [0.717, 1.165) is 6.07 Å². The molecule has 0 radical (unpaired) electrons. The summed E-state index contributed by atoms with van der Waals surface area (Å²) in [6.45, 7) is 0. The van der Waals surface area contributed by atoms with Gasteiger partial charge in [0.1, 0.15) is 17.4 Å². The normalized spacial score (nSPS) is 17.5. The molecule has 1 N–H and O–H groups in total. The smallest absolute Gasteiger partial charge is 0.314 e. The number of benzene rings is 1.